The second-order valence-corrected chi connectivity index (χ2v) is 3.24. The monoisotopic (exact) mass is 205 g/mol. The molecule has 0 aromatic carbocycles. The lowest BCUT2D eigenvalue weighted by atomic mass is 10.2. The van der Waals surface area contributed by atoms with Crippen LogP contribution >= 0.6 is 0 Å². The maximum Gasteiger partial charge on any atom is 0.224 e. The molecular formula is C10H15N5. The first-order valence-corrected chi connectivity index (χ1v) is 5.00. The van der Waals surface area contributed by atoms with Gasteiger partial charge in [-0.2, -0.15) is 5.26 Å². The molecule has 0 aliphatic heterocycles. The molecule has 3 N–H and O–H groups in total. The third-order valence-corrected chi connectivity index (χ3v) is 2.03. The summed E-state index contributed by atoms with van der Waals surface area (Å²) in [4.78, 5) is 8.05. The number of nitrogens with one attached hydrogen (secondary N) is 1. The lowest BCUT2D eigenvalue weighted by Gasteiger charge is -2.15. The van der Waals surface area contributed by atoms with E-state index in [9.17, 15) is 0 Å². The number of hydrogen-bond acceptors (Lipinski definition) is 5. The smallest absolute Gasteiger partial charge is 0.224 e. The summed E-state index contributed by atoms with van der Waals surface area (Å²) in [6.45, 7) is 2.63. The van der Waals surface area contributed by atoms with Gasteiger partial charge in [0.1, 0.15) is 11.8 Å². The second-order valence-electron chi connectivity index (χ2n) is 3.24. The second kappa shape index (κ2) is 5.94. The fourth-order valence-corrected chi connectivity index (χ4v) is 1.27. The van der Waals surface area contributed by atoms with Crippen LogP contribution in [0, 0.1) is 11.3 Å². The first kappa shape index (κ1) is 11.4. The first-order chi connectivity index (χ1) is 7.30. The van der Waals surface area contributed by atoms with Crippen LogP contribution in [0.1, 0.15) is 25.5 Å². The minimum absolute atomic E-state index is 0.170. The fraction of sp³-hybridized carbons (Fsp3) is 0.500. The van der Waals surface area contributed by atoms with Crippen molar-refractivity contribution in [1.29, 1.82) is 5.26 Å². The summed E-state index contributed by atoms with van der Waals surface area (Å²) >= 11 is 0. The minimum atomic E-state index is 0.170. The van der Waals surface area contributed by atoms with Gasteiger partial charge in [-0.15, -0.1) is 0 Å². The van der Waals surface area contributed by atoms with Crippen LogP contribution in [0.3, 0.4) is 0 Å². The summed E-state index contributed by atoms with van der Waals surface area (Å²) in [5.74, 6) is 0.470. The molecule has 5 nitrogen and oxygen atoms in total. The summed E-state index contributed by atoms with van der Waals surface area (Å²) in [7, 11) is 0. The van der Waals surface area contributed by atoms with Gasteiger partial charge >= 0.3 is 0 Å². The van der Waals surface area contributed by atoms with E-state index >= 15 is 0 Å². The Hall–Kier alpha value is -1.67. The van der Waals surface area contributed by atoms with Crippen LogP contribution in [-0.2, 0) is 0 Å². The molecule has 0 fully saturated rings. The van der Waals surface area contributed by atoms with Crippen molar-refractivity contribution in [1.82, 2.24) is 9.97 Å². The maximum atomic E-state index is 8.66. The summed E-state index contributed by atoms with van der Waals surface area (Å²) in [6, 6.07) is 3.71. The highest BCUT2D eigenvalue weighted by molar-refractivity contribution is 5.31. The zero-order chi connectivity index (χ0) is 11.1. The van der Waals surface area contributed by atoms with E-state index in [0.29, 0.717) is 18.2 Å². The zero-order valence-electron chi connectivity index (χ0n) is 8.77. The Morgan fingerprint density at radius 3 is 3.07 bits per heavy atom. The van der Waals surface area contributed by atoms with Crippen LogP contribution in [0.15, 0.2) is 12.3 Å². The van der Waals surface area contributed by atoms with Gasteiger partial charge in [0.15, 0.2) is 0 Å². The molecule has 0 amide bonds. The molecule has 0 aliphatic carbocycles. The molecule has 15 heavy (non-hydrogen) atoms. The van der Waals surface area contributed by atoms with E-state index in [2.05, 4.69) is 22.2 Å². The number of rotatable bonds is 5. The van der Waals surface area contributed by atoms with Crippen molar-refractivity contribution < 1.29 is 0 Å². The van der Waals surface area contributed by atoms with E-state index < -0.39 is 0 Å². The van der Waals surface area contributed by atoms with Crippen LogP contribution in [0.25, 0.3) is 0 Å². The summed E-state index contributed by atoms with van der Waals surface area (Å²) in [5.41, 5.74) is 5.96. The normalized spacial score (nSPS) is 11.8. The molecule has 0 radical (unpaired) electrons. The van der Waals surface area contributed by atoms with E-state index in [-0.39, 0.29) is 6.04 Å². The Morgan fingerprint density at radius 2 is 2.47 bits per heavy atom. The molecule has 80 valence electrons. The fourth-order valence-electron chi connectivity index (χ4n) is 1.27. The topological polar surface area (TPSA) is 87.6 Å². The quantitative estimate of drug-likeness (QED) is 0.745. The van der Waals surface area contributed by atoms with Crippen molar-refractivity contribution in [3.05, 3.63) is 18.0 Å². The molecule has 1 atom stereocenters. The number of nitriles is 1. The Bertz CT molecular complexity index is 344. The van der Waals surface area contributed by atoms with Crippen LogP contribution in [-0.4, -0.2) is 22.6 Å². The molecule has 0 saturated heterocycles. The highest BCUT2D eigenvalue weighted by Gasteiger charge is 2.06. The summed E-state index contributed by atoms with van der Waals surface area (Å²) in [5, 5.41) is 11.8. The molecule has 0 saturated carbocycles. The van der Waals surface area contributed by atoms with Gasteiger partial charge in [0, 0.05) is 18.8 Å². The van der Waals surface area contributed by atoms with Gasteiger partial charge in [0.05, 0.1) is 0 Å². The van der Waals surface area contributed by atoms with Gasteiger partial charge in [-0.3, -0.25) is 0 Å². The Labute approximate surface area is 89.3 Å². The van der Waals surface area contributed by atoms with Crippen molar-refractivity contribution in [3.8, 4) is 6.07 Å². The number of anilines is 1. The van der Waals surface area contributed by atoms with Crippen molar-refractivity contribution >= 4 is 5.95 Å². The minimum Gasteiger partial charge on any atom is -0.350 e. The molecule has 0 spiro atoms. The number of nitrogens with zero attached hydrogens (tertiary/aromatic N) is 3. The van der Waals surface area contributed by atoms with E-state index in [1.165, 1.54) is 0 Å². The van der Waals surface area contributed by atoms with Crippen molar-refractivity contribution in [2.24, 2.45) is 5.73 Å². The van der Waals surface area contributed by atoms with E-state index in [0.717, 1.165) is 12.8 Å². The Morgan fingerprint density at radius 1 is 1.67 bits per heavy atom. The average Bonchev–Trinajstić information content (AvgIpc) is 2.29. The largest absolute Gasteiger partial charge is 0.350 e. The van der Waals surface area contributed by atoms with Crippen LogP contribution in [0.5, 0.6) is 0 Å². The lowest BCUT2D eigenvalue weighted by Crippen LogP contribution is -2.29. The average molecular weight is 205 g/mol. The van der Waals surface area contributed by atoms with Crippen LogP contribution < -0.4 is 11.1 Å². The molecule has 1 aromatic rings. The van der Waals surface area contributed by atoms with Gasteiger partial charge in [-0.1, -0.05) is 13.3 Å². The van der Waals surface area contributed by atoms with Gasteiger partial charge in [0.25, 0.3) is 0 Å². The Kier molecular flexibility index (Phi) is 4.51. The van der Waals surface area contributed by atoms with Crippen molar-refractivity contribution in [3.63, 3.8) is 0 Å². The van der Waals surface area contributed by atoms with E-state index in [1.54, 1.807) is 12.3 Å². The Balaban J connectivity index is 2.66. The van der Waals surface area contributed by atoms with Crippen molar-refractivity contribution in [2.45, 2.75) is 25.8 Å². The molecule has 0 aliphatic rings. The molecule has 1 unspecified atom stereocenters. The van der Waals surface area contributed by atoms with Crippen LogP contribution in [0.2, 0.25) is 0 Å². The SMILES string of the molecule is CCCC(CN)Nc1nccc(C#N)n1. The first-order valence-electron chi connectivity index (χ1n) is 5.00. The predicted octanol–water partition coefficient (Wildman–Crippen LogP) is 0.888. The molecule has 1 rings (SSSR count). The van der Waals surface area contributed by atoms with Gasteiger partial charge in [0.2, 0.25) is 5.95 Å². The van der Waals surface area contributed by atoms with E-state index in [1.807, 2.05) is 6.07 Å². The standard InChI is InChI=1S/C10H15N5/c1-2-3-8(6-11)14-10-13-5-4-9(7-12)15-10/h4-5,8H,2-3,6,11H2,1H3,(H,13,14,15). The summed E-state index contributed by atoms with van der Waals surface area (Å²) < 4.78 is 0. The third-order valence-electron chi connectivity index (χ3n) is 2.03. The van der Waals surface area contributed by atoms with Crippen LogP contribution in [0.4, 0.5) is 5.95 Å². The van der Waals surface area contributed by atoms with Gasteiger partial charge < -0.3 is 11.1 Å². The predicted molar refractivity (Wildman–Crippen MR) is 58.1 cm³/mol. The molecule has 1 heterocycles. The van der Waals surface area contributed by atoms with Gasteiger partial charge in [-0.25, -0.2) is 9.97 Å². The number of nitrogens with two attached hydrogens (primary N) is 1. The van der Waals surface area contributed by atoms with E-state index in [4.69, 9.17) is 11.0 Å². The zero-order valence-corrected chi connectivity index (χ0v) is 8.77. The molecular weight excluding hydrogens is 190 g/mol. The highest BCUT2D eigenvalue weighted by atomic mass is 15.1. The highest BCUT2D eigenvalue weighted by Crippen LogP contribution is 2.04. The van der Waals surface area contributed by atoms with Gasteiger partial charge in [-0.05, 0) is 12.5 Å². The maximum absolute atomic E-state index is 8.66. The summed E-state index contributed by atoms with van der Waals surface area (Å²) in [6.07, 6.45) is 3.58. The molecule has 0 bridgehead atoms. The third kappa shape index (κ3) is 3.52. The van der Waals surface area contributed by atoms with Crippen molar-refractivity contribution in [2.75, 3.05) is 11.9 Å². The number of aromatic nitrogens is 2. The molecule has 1 aromatic heterocycles. The molecule has 5 heteroatoms. The lowest BCUT2D eigenvalue weighted by molar-refractivity contribution is 0.642. The number of hydrogen-bond donors (Lipinski definition) is 2.